The van der Waals surface area contributed by atoms with Gasteiger partial charge in [-0.3, -0.25) is 4.79 Å². The molecule has 0 saturated carbocycles. The molecule has 9 heteroatoms. The fraction of sp³-hybridized carbons (Fsp3) is 0.190. The Bertz CT molecular complexity index is 1050. The van der Waals surface area contributed by atoms with Gasteiger partial charge in [-0.2, -0.15) is 13.2 Å². The fourth-order valence-corrected chi connectivity index (χ4v) is 2.65. The average Bonchev–Trinajstić information content (AvgIpc) is 2.73. The quantitative estimate of drug-likeness (QED) is 0.573. The molecule has 2 N–H and O–H groups in total. The number of aromatic nitrogens is 2. The number of amides is 1. The van der Waals surface area contributed by atoms with E-state index in [-0.39, 0.29) is 17.3 Å². The number of ether oxygens (including phenoxy) is 1. The number of methoxy groups -OCH3 is 1. The molecule has 1 amide bonds. The Morgan fingerprint density at radius 2 is 1.90 bits per heavy atom. The summed E-state index contributed by atoms with van der Waals surface area (Å²) in [7, 11) is 1.31. The van der Waals surface area contributed by atoms with E-state index >= 15 is 0 Å². The first-order chi connectivity index (χ1) is 14.3. The van der Waals surface area contributed by atoms with E-state index in [4.69, 9.17) is 4.74 Å². The smallest absolute Gasteiger partial charge is 0.416 e. The molecule has 0 aliphatic rings. The number of alkyl halides is 3. The molecule has 3 rings (SSSR count). The van der Waals surface area contributed by atoms with E-state index in [9.17, 15) is 18.0 Å². The van der Waals surface area contributed by atoms with Gasteiger partial charge in [-0.25, -0.2) is 9.97 Å². The Balaban J connectivity index is 1.88. The molecule has 0 atom stereocenters. The molecule has 1 aromatic heterocycles. The second-order valence-corrected chi connectivity index (χ2v) is 6.32. The van der Waals surface area contributed by atoms with Gasteiger partial charge in [-0.15, -0.1) is 0 Å². The van der Waals surface area contributed by atoms with Crippen molar-refractivity contribution in [1.29, 1.82) is 0 Å². The number of nitrogens with zero attached hydrogens (tertiary/aromatic N) is 2. The molecule has 0 bridgehead atoms. The highest BCUT2D eigenvalue weighted by Crippen LogP contribution is 2.35. The second-order valence-electron chi connectivity index (χ2n) is 6.32. The molecule has 0 spiro atoms. The summed E-state index contributed by atoms with van der Waals surface area (Å²) in [6, 6.07) is 11.9. The maximum absolute atomic E-state index is 13.1. The first-order valence-corrected chi connectivity index (χ1v) is 9.05. The van der Waals surface area contributed by atoms with Gasteiger partial charge >= 0.3 is 6.18 Å². The third kappa shape index (κ3) is 5.25. The van der Waals surface area contributed by atoms with Crippen molar-refractivity contribution in [2.75, 3.05) is 17.7 Å². The van der Waals surface area contributed by atoms with E-state index in [0.717, 1.165) is 12.1 Å². The minimum atomic E-state index is -4.50. The highest BCUT2D eigenvalue weighted by molar-refractivity contribution is 5.89. The Kier molecular flexibility index (Phi) is 6.20. The topological polar surface area (TPSA) is 76.1 Å². The van der Waals surface area contributed by atoms with E-state index in [1.54, 1.807) is 37.3 Å². The minimum absolute atomic E-state index is 0.0891. The van der Waals surface area contributed by atoms with Crippen molar-refractivity contribution >= 4 is 23.1 Å². The van der Waals surface area contributed by atoms with Crippen LogP contribution in [0.25, 0.3) is 11.4 Å². The number of halogens is 3. The summed E-state index contributed by atoms with van der Waals surface area (Å²) in [5.74, 6) is 0.654. The first kappa shape index (κ1) is 21.1. The molecule has 0 aliphatic carbocycles. The van der Waals surface area contributed by atoms with Gasteiger partial charge in [-0.1, -0.05) is 19.1 Å². The lowest BCUT2D eigenvalue weighted by atomic mass is 10.1. The summed E-state index contributed by atoms with van der Waals surface area (Å²) in [5, 5.41) is 5.62. The van der Waals surface area contributed by atoms with Crippen molar-refractivity contribution < 1.29 is 22.7 Å². The highest BCUT2D eigenvalue weighted by Gasteiger charge is 2.31. The molecule has 156 valence electrons. The van der Waals surface area contributed by atoms with Crippen LogP contribution in [0.2, 0.25) is 0 Å². The van der Waals surface area contributed by atoms with E-state index < -0.39 is 11.7 Å². The van der Waals surface area contributed by atoms with Crippen molar-refractivity contribution in [3.63, 3.8) is 0 Å². The van der Waals surface area contributed by atoms with Crippen LogP contribution in [-0.4, -0.2) is 23.0 Å². The summed E-state index contributed by atoms with van der Waals surface area (Å²) < 4.78 is 44.4. The number of nitrogens with one attached hydrogen (secondary N) is 2. The predicted octanol–water partition coefficient (Wildman–Crippen LogP) is 5.26. The van der Waals surface area contributed by atoms with E-state index in [2.05, 4.69) is 20.6 Å². The van der Waals surface area contributed by atoms with Crippen molar-refractivity contribution in [3.05, 3.63) is 60.3 Å². The molecule has 0 fully saturated rings. The highest BCUT2D eigenvalue weighted by atomic mass is 19.4. The second kappa shape index (κ2) is 8.81. The molecule has 30 heavy (non-hydrogen) atoms. The van der Waals surface area contributed by atoms with Crippen LogP contribution in [0.4, 0.5) is 30.4 Å². The number of anilines is 3. The van der Waals surface area contributed by atoms with E-state index in [0.29, 0.717) is 29.3 Å². The lowest BCUT2D eigenvalue weighted by Crippen LogP contribution is -2.11. The number of hydrogen-bond acceptors (Lipinski definition) is 5. The average molecular weight is 416 g/mol. The number of carbonyl (C=O) groups is 1. The summed E-state index contributed by atoms with van der Waals surface area (Å²) >= 11 is 0. The van der Waals surface area contributed by atoms with E-state index in [1.165, 1.54) is 19.4 Å². The SMILES string of the molecule is CCC(=O)Nc1ccnc(-c2cccc(Nc3cc(OC)cc(C(F)(F)F)c3)c2)n1. The van der Waals surface area contributed by atoms with Crippen molar-refractivity contribution in [3.8, 4) is 17.1 Å². The fourth-order valence-electron chi connectivity index (χ4n) is 2.65. The van der Waals surface area contributed by atoms with E-state index in [1.807, 2.05) is 0 Å². The molecule has 2 aromatic carbocycles. The van der Waals surface area contributed by atoms with Crippen LogP contribution in [0.3, 0.4) is 0 Å². The van der Waals surface area contributed by atoms with Gasteiger partial charge in [-0.05, 0) is 30.3 Å². The van der Waals surface area contributed by atoms with Gasteiger partial charge < -0.3 is 15.4 Å². The zero-order valence-electron chi connectivity index (χ0n) is 16.2. The molecule has 0 aliphatic heterocycles. The Labute approximate surface area is 171 Å². The van der Waals surface area contributed by atoms with Gasteiger partial charge in [0.1, 0.15) is 11.6 Å². The monoisotopic (exact) mass is 416 g/mol. The standard InChI is InChI=1S/C21H19F3N4O2/c1-3-19(29)27-18-7-8-25-20(28-18)13-5-4-6-15(9-13)26-16-10-14(21(22,23)24)11-17(12-16)30-2/h4-12,26H,3H2,1-2H3,(H,25,27,28,29). The molecular weight excluding hydrogens is 397 g/mol. The number of rotatable bonds is 6. The Morgan fingerprint density at radius 3 is 2.60 bits per heavy atom. The van der Waals surface area contributed by atoms with Gasteiger partial charge in [0.05, 0.1) is 12.7 Å². The van der Waals surface area contributed by atoms with Gasteiger partial charge in [0, 0.05) is 35.6 Å². The molecular formula is C21H19F3N4O2. The summed E-state index contributed by atoms with van der Waals surface area (Å²) in [6.07, 6.45) is -2.66. The lowest BCUT2D eigenvalue weighted by Gasteiger charge is -2.14. The number of hydrogen-bond donors (Lipinski definition) is 2. The van der Waals surface area contributed by atoms with Crippen LogP contribution in [-0.2, 0) is 11.0 Å². The maximum Gasteiger partial charge on any atom is 0.416 e. The third-order valence-electron chi connectivity index (χ3n) is 4.12. The van der Waals surface area contributed by atoms with Crippen LogP contribution < -0.4 is 15.4 Å². The zero-order valence-corrected chi connectivity index (χ0v) is 16.2. The van der Waals surface area contributed by atoms with Crippen molar-refractivity contribution in [2.45, 2.75) is 19.5 Å². The van der Waals surface area contributed by atoms with Crippen molar-refractivity contribution in [1.82, 2.24) is 9.97 Å². The molecule has 6 nitrogen and oxygen atoms in total. The molecule has 0 radical (unpaired) electrons. The summed E-state index contributed by atoms with van der Waals surface area (Å²) in [6.45, 7) is 1.73. The minimum Gasteiger partial charge on any atom is -0.497 e. The number of benzene rings is 2. The van der Waals surface area contributed by atoms with Crippen molar-refractivity contribution in [2.24, 2.45) is 0 Å². The first-order valence-electron chi connectivity index (χ1n) is 9.05. The maximum atomic E-state index is 13.1. The van der Waals surface area contributed by atoms with Crippen LogP contribution >= 0.6 is 0 Å². The van der Waals surface area contributed by atoms with Gasteiger partial charge in [0.2, 0.25) is 5.91 Å². The lowest BCUT2D eigenvalue weighted by molar-refractivity contribution is -0.137. The molecule has 0 unspecified atom stereocenters. The third-order valence-corrected chi connectivity index (χ3v) is 4.12. The van der Waals surface area contributed by atoms with Crippen LogP contribution in [0, 0.1) is 0 Å². The summed E-state index contributed by atoms with van der Waals surface area (Å²) in [4.78, 5) is 20.1. The van der Waals surface area contributed by atoms with Gasteiger partial charge in [0.15, 0.2) is 5.82 Å². The number of carbonyl (C=O) groups excluding carboxylic acids is 1. The molecule has 0 saturated heterocycles. The summed E-state index contributed by atoms with van der Waals surface area (Å²) in [5.41, 5.74) is 0.582. The normalized spacial score (nSPS) is 11.1. The molecule has 3 aromatic rings. The zero-order chi connectivity index (χ0) is 21.7. The van der Waals surface area contributed by atoms with Crippen LogP contribution in [0.15, 0.2) is 54.7 Å². The largest absolute Gasteiger partial charge is 0.497 e. The molecule has 1 heterocycles. The predicted molar refractivity (Wildman–Crippen MR) is 108 cm³/mol. The van der Waals surface area contributed by atoms with Crippen LogP contribution in [0.1, 0.15) is 18.9 Å². The Hall–Kier alpha value is -3.62. The Morgan fingerprint density at radius 1 is 1.10 bits per heavy atom. The van der Waals surface area contributed by atoms with Gasteiger partial charge in [0.25, 0.3) is 0 Å². The van der Waals surface area contributed by atoms with Crippen LogP contribution in [0.5, 0.6) is 5.75 Å².